The molecule has 0 aliphatic carbocycles. The van der Waals surface area contributed by atoms with E-state index in [4.69, 9.17) is 0 Å². The van der Waals surface area contributed by atoms with Crippen molar-refractivity contribution in [3.05, 3.63) is 16.3 Å². The summed E-state index contributed by atoms with van der Waals surface area (Å²) in [6.45, 7) is 1.46. The third-order valence-electron chi connectivity index (χ3n) is 3.01. The predicted molar refractivity (Wildman–Crippen MR) is 70.9 cm³/mol. The molecule has 0 saturated carbocycles. The maximum atomic E-state index is 12.6. The largest absolute Gasteiger partial charge is 0.347 e. The Bertz CT molecular complexity index is 580. The van der Waals surface area contributed by atoms with Crippen LogP contribution in [0.2, 0.25) is 0 Å². The van der Waals surface area contributed by atoms with Crippen LogP contribution >= 0.6 is 11.3 Å². The number of nitrogens with one attached hydrogen (secondary N) is 2. The molecule has 0 aromatic carbocycles. The number of carbonyl (C=O) groups is 1. The summed E-state index contributed by atoms with van der Waals surface area (Å²) in [5.74, 6) is -4.15. The molecule has 2 rings (SSSR count). The molecule has 1 aliphatic heterocycles. The number of piperidine rings is 1. The molecular formula is C11H14F2N2O3S2. The summed E-state index contributed by atoms with van der Waals surface area (Å²) in [6, 6.07) is 0.931. The van der Waals surface area contributed by atoms with E-state index in [-0.39, 0.29) is 10.9 Å². The Hall–Kier alpha value is -1.06. The highest BCUT2D eigenvalue weighted by molar-refractivity contribution is 7.92. The lowest BCUT2D eigenvalue weighted by Crippen LogP contribution is -2.45. The molecule has 1 aromatic rings. The first-order valence-corrected chi connectivity index (χ1v) is 8.46. The fourth-order valence-corrected chi connectivity index (χ4v) is 4.08. The Morgan fingerprint density at radius 1 is 1.50 bits per heavy atom. The third-order valence-corrected chi connectivity index (χ3v) is 5.47. The molecule has 0 bridgehead atoms. The summed E-state index contributed by atoms with van der Waals surface area (Å²) in [5.41, 5.74) is 0. The van der Waals surface area contributed by atoms with Crippen LogP contribution in [0.5, 0.6) is 0 Å². The van der Waals surface area contributed by atoms with E-state index in [1.54, 1.807) is 0 Å². The average Bonchev–Trinajstić information content (AvgIpc) is 2.89. The van der Waals surface area contributed by atoms with Crippen molar-refractivity contribution in [1.29, 1.82) is 0 Å². The van der Waals surface area contributed by atoms with E-state index in [2.05, 4.69) is 10.6 Å². The van der Waals surface area contributed by atoms with Gasteiger partial charge in [-0.05, 0) is 30.8 Å². The standard InChI is InChI=1S/C11H14F2N2O3S2/c12-11(13)20(17,18)8-3-5-19-9(8)10(16)15-7-2-1-4-14-6-7/h3,5,7,11,14H,1-2,4,6H2,(H,15,16)/t7-/m0/s1. The van der Waals surface area contributed by atoms with Gasteiger partial charge in [0.05, 0.1) is 4.90 Å². The fraction of sp³-hybridized carbons (Fsp3) is 0.545. The van der Waals surface area contributed by atoms with E-state index in [0.29, 0.717) is 6.54 Å². The van der Waals surface area contributed by atoms with Crippen molar-refractivity contribution in [1.82, 2.24) is 10.6 Å². The zero-order valence-corrected chi connectivity index (χ0v) is 12.1. The zero-order valence-electron chi connectivity index (χ0n) is 10.4. The van der Waals surface area contributed by atoms with Crippen LogP contribution in [-0.2, 0) is 9.84 Å². The van der Waals surface area contributed by atoms with E-state index in [9.17, 15) is 22.0 Å². The van der Waals surface area contributed by atoms with Gasteiger partial charge in [0.25, 0.3) is 5.91 Å². The molecule has 1 amide bonds. The minimum absolute atomic E-state index is 0.111. The maximum absolute atomic E-state index is 12.6. The van der Waals surface area contributed by atoms with Crippen molar-refractivity contribution in [3.63, 3.8) is 0 Å². The molecule has 1 saturated heterocycles. The lowest BCUT2D eigenvalue weighted by molar-refractivity contribution is 0.0931. The van der Waals surface area contributed by atoms with Gasteiger partial charge in [0, 0.05) is 12.6 Å². The predicted octanol–water partition coefficient (Wildman–Crippen LogP) is 1.23. The van der Waals surface area contributed by atoms with Crippen LogP contribution in [0.4, 0.5) is 8.78 Å². The highest BCUT2D eigenvalue weighted by atomic mass is 32.2. The molecule has 9 heteroatoms. The summed E-state index contributed by atoms with van der Waals surface area (Å²) in [4.78, 5) is 11.2. The van der Waals surface area contributed by atoms with Crippen LogP contribution in [0, 0.1) is 0 Å². The number of hydrogen-bond acceptors (Lipinski definition) is 5. The highest BCUT2D eigenvalue weighted by Gasteiger charge is 2.32. The smallest absolute Gasteiger partial charge is 0.341 e. The van der Waals surface area contributed by atoms with Gasteiger partial charge in [-0.1, -0.05) is 0 Å². The summed E-state index contributed by atoms with van der Waals surface area (Å²) < 4.78 is 48.1. The van der Waals surface area contributed by atoms with E-state index < -0.39 is 26.4 Å². The van der Waals surface area contributed by atoms with Gasteiger partial charge in [-0.25, -0.2) is 8.42 Å². The van der Waals surface area contributed by atoms with Crippen molar-refractivity contribution in [3.8, 4) is 0 Å². The second-order valence-electron chi connectivity index (χ2n) is 4.44. The quantitative estimate of drug-likeness (QED) is 0.873. The Balaban J connectivity index is 2.17. The number of amides is 1. The van der Waals surface area contributed by atoms with Crippen molar-refractivity contribution < 1.29 is 22.0 Å². The summed E-state index contributed by atoms with van der Waals surface area (Å²) in [5, 5.41) is 7.09. The molecule has 5 nitrogen and oxygen atoms in total. The summed E-state index contributed by atoms with van der Waals surface area (Å²) in [7, 11) is -4.75. The lowest BCUT2D eigenvalue weighted by Gasteiger charge is -2.23. The van der Waals surface area contributed by atoms with E-state index in [1.807, 2.05) is 0 Å². The molecule has 1 aliphatic rings. The van der Waals surface area contributed by atoms with Gasteiger partial charge < -0.3 is 10.6 Å². The van der Waals surface area contributed by atoms with Crippen molar-refractivity contribution >= 4 is 27.1 Å². The van der Waals surface area contributed by atoms with Crippen LogP contribution in [0.25, 0.3) is 0 Å². The normalized spacial score (nSPS) is 20.1. The first-order valence-electron chi connectivity index (χ1n) is 6.04. The zero-order chi connectivity index (χ0) is 14.8. The van der Waals surface area contributed by atoms with Gasteiger partial charge in [-0.3, -0.25) is 4.79 Å². The number of thiophene rings is 1. The molecule has 0 unspecified atom stereocenters. The SMILES string of the molecule is O=C(N[C@H]1CCCNC1)c1sccc1S(=O)(=O)C(F)F. The van der Waals surface area contributed by atoms with Crippen LogP contribution < -0.4 is 10.6 Å². The molecule has 0 radical (unpaired) electrons. The van der Waals surface area contributed by atoms with Gasteiger partial charge in [0.2, 0.25) is 9.84 Å². The number of sulfone groups is 1. The van der Waals surface area contributed by atoms with Crippen LogP contribution in [0.1, 0.15) is 22.5 Å². The Morgan fingerprint density at radius 3 is 2.85 bits per heavy atom. The summed E-state index contributed by atoms with van der Waals surface area (Å²) in [6.07, 6.45) is 1.68. The van der Waals surface area contributed by atoms with Gasteiger partial charge in [-0.2, -0.15) is 8.78 Å². The second-order valence-corrected chi connectivity index (χ2v) is 7.24. The Labute approximate surface area is 119 Å². The topological polar surface area (TPSA) is 75.3 Å². The Morgan fingerprint density at radius 2 is 2.25 bits per heavy atom. The monoisotopic (exact) mass is 324 g/mol. The van der Waals surface area contributed by atoms with Crippen LogP contribution in [0.15, 0.2) is 16.3 Å². The van der Waals surface area contributed by atoms with Crippen LogP contribution in [-0.4, -0.2) is 39.2 Å². The van der Waals surface area contributed by atoms with Crippen molar-refractivity contribution in [2.75, 3.05) is 13.1 Å². The maximum Gasteiger partial charge on any atom is 0.341 e. The number of alkyl halides is 2. The molecular weight excluding hydrogens is 310 g/mol. The van der Waals surface area contributed by atoms with Gasteiger partial charge >= 0.3 is 5.76 Å². The van der Waals surface area contributed by atoms with Gasteiger partial charge in [0.1, 0.15) is 4.88 Å². The molecule has 1 aromatic heterocycles. The molecule has 20 heavy (non-hydrogen) atoms. The third kappa shape index (κ3) is 3.15. The van der Waals surface area contributed by atoms with E-state index in [0.717, 1.165) is 36.8 Å². The first-order chi connectivity index (χ1) is 9.43. The number of rotatable bonds is 4. The molecule has 112 valence electrons. The van der Waals surface area contributed by atoms with E-state index in [1.165, 1.54) is 5.38 Å². The number of hydrogen-bond donors (Lipinski definition) is 2. The average molecular weight is 324 g/mol. The fourth-order valence-electron chi connectivity index (χ4n) is 2.01. The van der Waals surface area contributed by atoms with Gasteiger partial charge in [0.15, 0.2) is 0 Å². The van der Waals surface area contributed by atoms with Crippen molar-refractivity contribution in [2.24, 2.45) is 0 Å². The second kappa shape index (κ2) is 6.15. The number of halogens is 2. The highest BCUT2D eigenvalue weighted by Crippen LogP contribution is 2.26. The molecule has 0 spiro atoms. The summed E-state index contributed by atoms with van der Waals surface area (Å²) >= 11 is 0.846. The van der Waals surface area contributed by atoms with E-state index >= 15 is 0 Å². The Kier molecular flexibility index (Phi) is 4.71. The molecule has 2 N–H and O–H groups in total. The molecule has 2 heterocycles. The first kappa shape index (κ1) is 15.3. The minimum Gasteiger partial charge on any atom is -0.347 e. The van der Waals surface area contributed by atoms with Crippen LogP contribution in [0.3, 0.4) is 0 Å². The molecule has 1 atom stereocenters. The molecule has 1 fully saturated rings. The van der Waals surface area contributed by atoms with Crippen molar-refractivity contribution in [2.45, 2.75) is 29.5 Å². The van der Waals surface area contributed by atoms with Gasteiger partial charge in [-0.15, -0.1) is 11.3 Å². The number of carbonyl (C=O) groups excluding carboxylic acids is 1. The lowest BCUT2D eigenvalue weighted by atomic mass is 10.1. The minimum atomic E-state index is -4.75.